The highest BCUT2D eigenvalue weighted by Crippen LogP contribution is 2.36. The average Bonchev–Trinajstić information content (AvgIpc) is 3.20. The van der Waals surface area contributed by atoms with E-state index in [4.69, 9.17) is 31.0 Å². The first kappa shape index (κ1) is 34.9. The van der Waals surface area contributed by atoms with E-state index in [9.17, 15) is 31.1 Å². The number of carboxylic acids is 1. The minimum atomic E-state index is -5.08. The van der Waals surface area contributed by atoms with Gasteiger partial charge in [0.15, 0.2) is 0 Å². The van der Waals surface area contributed by atoms with E-state index in [1.54, 1.807) is 18.2 Å². The van der Waals surface area contributed by atoms with Crippen molar-refractivity contribution in [2.75, 3.05) is 36.9 Å². The summed E-state index contributed by atoms with van der Waals surface area (Å²) in [7, 11) is 0. The van der Waals surface area contributed by atoms with E-state index in [-0.39, 0.29) is 22.4 Å². The van der Waals surface area contributed by atoms with Crippen LogP contribution in [0, 0.1) is 0 Å². The first-order valence-corrected chi connectivity index (χ1v) is 13.4. The molecule has 4 rings (SSSR count). The molecule has 2 aromatic carbocycles. The van der Waals surface area contributed by atoms with Gasteiger partial charge in [-0.2, -0.15) is 26.3 Å². The van der Waals surface area contributed by atoms with E-state index in [1.807, 2.05) is 6.92 Å². The molecular weight excluding hydrogens is 636 g/mol. The van der Waals surface area contributed by atoms with Gasteiger partial charge < -0.3 is 30.5 Å². The van der Waals surface area contributed by atoms with E-state index < -0.39 is 23.9 Å². The van der Waals surface area contributed by atoms with Crippen molar-refractivity contribution in [1.82, 2.24) is 15.3 Å². The van der Waals surface area contributed by atoms with Crippen molar-refractivity contribution < 1.29 is 50.5 Å². The Morgan fingerprint density at radius 2 is 1.82 bits per heavy atom. The number of halogens is 7. The second-order valence-electron chi connectivity index (χ2n) is 8.98. The van der Waals surface area contributed by atoms with Gasteiger partial charge >= 0.3 is 18.3 Å². The quantitative estimate of drug-likeness (QED) is 0.147. The summed E-state index contributed by atoms with van der Waals surface area (Å²) in [5.41, 5.74) is 0.888. The molecule has 1 aliphatic rings. The molecule has 0 unspecified atom stereocenters. The molecule has 1 aliphatic heterocycles. The van der Waals surface area contributed by atoms with E-state index in [1.165, 1.54) is 24.5 Å². The van der Waals surface area contributed by atoms with Gasteiger partial charge in [0, 0.05) is 31.0 Å². The number of amides is 1. The fourth-order valence-corrected chi connectivity index (χ4v) is 3.89. The Labute approximate surface area is 257 Å². The number of hydrogen-bond acceptors (Lipinski definition) is 8. The highest BCUT2D eigenvalue weighted by Gasteiger charge is 2.38. The number of benzene rings is 2. The third-order valence-corrected chi connectivity index (χ3v) is 6.04. The van der Waals surface area contributed by atoms with Gasteiger partial charge in [-0.25, -0.2) is 14.8 Å². The van der Waals surface area contributed by atoms with E-state index in [0.717, 1.165) is 12.1 Å². The van der Waals surface area contributed by atoms with Crippen molar-refractivity contribution in [3.8, 4) is 11.5 Å². The Balaban J connectivity index is 0.000000707. The summed E-state index contributed by atoms with van der Waals surface area (Å²) < 4.78 is 81.6. The first-order chi connectivity index (χ1) is 21.2. The zero-order valence-electron chi connectivity index (χ0n) is 23.4. The lowest BCUT2D eigenvalue weighted by atomic mass is 10.1. The topological polar surface area (TPSA) is 135 Å². The molecule has 0 radical (unpaired) electrons. The Kier molecular flexibility index (Phi) is 12.0. The van der Waals surface area contributed by atoms with Crippen LogP contribution in [0.1, 0.15) is 24.5 Å². The molecule has 0 spiro atoms. The standard InChI is InChI=1S/C26H25ClF3N5O3.C2HF3O2/c1-2-37-11-10-32-25(36)16-8-9-31-23-20(12-16)24(34-15-33-23)35-18-6-7-22(21(27)14-18)38-19-5-3-4-17(13-19)26(28,29)30;3-2(4,5)1(6)7/h3-7,12-15H,2,8-11H2,1H3,(H,32,36)(H2,31,33,34,35);(H,6,7). The van der Waals surface area contributed by atoms with E-state index >= 15 is 0 Å². The second kappa shape index (κ2) is 15.4. The predicted molar refractivity (Wildman–Crippen MR) is 153 cm³/mol. The summed E-state index contributed by atoms with van der Waals surface area (Å²) in [4.78, 5) is 30.2. The van der Waals surface area contributed by atoms with Gasteiger partial charge in [-0.15, -0.1) is 0 Å². The molecule has 0 saturated carbocycles. The van der Waals surface area contributed by atoms with Gasteiger partial charge in [0.05, 0.1) is 22.8 Å². The maximum absolute atomic E-state index is 13.0. The SMILES string of the molecule is CCOCCNC(=O)C1=Cc2c(ncnc2Nc2ccc(Oc3cccc(C(F)(F)F)c3)c(Cl)c2)NCC1.O=C(O)C(F)(F)F. The molecule has 2 heterocycles. The third kappa shape index (κ3) is 10.5. The maximum atomic E-state index is 13.0. The number of aliphatic carboxylic acids is 1. The van der Waals surface area contributed by atoms with Crippen LogP contribution in [-0.4, -0.2) is 59.4 Å². The Bertz CT molecular complexity index is 1530. The highest BCUT2D eigenvalue weighted by molar-refractivity contribution is 6.32. The summed E-state index contributed by atoms with van der Waals surface area (Å²) >= 11 is 6.37. The summed E-state index contributed by atoms with van der Waals surface area (Å²) in [6, 6.07) is 9.30. The lowest BCUT2D eigenvalue weighted by Gasteiger charge is -2.14. The van der Waals surface area contributed by atoms with Crippen molar-refractivity contribution in [1.29, 1.82) is 0 Å². The van der Waals surface area contributed by atoms with Crippen molar-refractivity contribution in [3.05, 3.63) is 70.5 Å². The number of rotatable bonds is 9. The molecule has 10 nitrogen and oxygen atoms in total. The lowest BCUT2D eigenvalue weighted by molar-refractivity contribution is -0.192. The van der Waals surface area contributed by atoms with Crippen LogP contribution in [0.15, 0.2) is 54.4 Å². The van der Waals surface area contributed by atoms with Gasteiger partial charge in [-0.1, -0.05) is 17.7 Å². The number of anilines is 3. The highest BCUT2D eigenvalue weighted by atomic mass is 35.5. The third-order valence-electron chi connectivity index (χ3n) is 5.74. The number of fused-ring (bicyclic) bond motifs is 1. The Morgan fingerprint density at radius 3 is 2.47 bits per heavy atom. The molecule has 0 aliphatic carbocycles. The number of carbonyl (C=O) groups excluding carboxylic acids is 1. The smallest absolute Gasteiger partial charge is 0.475 e. The van der Waals surface area contributed by atoms with Crippen molar-refractivity contribution >= 4 is 46.9 Å². The number of alkyl halides is 6. The van der Waals surface area contributed by atoms with Crippen LogP contribution in [0.25, 0.3) is 6.08 Å². The molecule has 0 atom stereocenters. The van der Waals surface area contributed by atoms with Crippen LogP contribution in [0.3, 0.4) is 0 Å². The minimum Gasteiger partial charge on any atom is -0.475 e. The summed E-state index contributed by atoms with van der Waals surface area (Å²) in [5, 5.41) is 16.5. The molecule has 242 valence electrons. The van der Waals surface area contributed by atoms with Crippen LogP contribution in [0.2, 0.25) is 5.02 Å². The number of nitrogens with one attached hydrogen (secondary N) is 3. The fraction of sp³-hybridized carbons (Fsp3) is 0.286. The molecule has 1 amide bonds. The zero-order valence-corrected chi connectivity index (χ0v) is 24.1. The molecule has 4 N–H and O–H groups in total. The largest absolute Gasteiger partial charge is 0.490 e. The lowest BCUT2D eigenvalue weighted by Crippen LogP contribution is -2.29. The number of aromatic nitrogens is 2. The van der Waals surface area contributed by atoms with Crippen LogP contribution >= 0.6 is 11.6 Å². The second-order valence-corrected chi connectivity index (χ2v) is 9.39. The monoisotopic (exact) mass is 661 g/mol. The van der Waals surface area contributed by atoms with Crippen LogP contribution in [0.4, 0.5) is 43.7 Å². The van der Waals surface area contributed by atoms with Crippen LogP contribution in [-0.2, 0) is 20.5 Å². The molecule has 0 fully saturated rings. The van der Waals surface area contributed by atoms with Crippen LogP contribution in [0.5, 0.6) is 11.5 Å². The summed E-state index contributed by atoms with van der Waals surface area (Å²) in [6.07, 6.45) is -5.95. The maximum Gasteiger partial charge on any atom is 0.490 e. The molecule has 0 bridgehead atoms. The molecule has 1 aromatic heterocycles. The minimum absolute atomic E-state index is 0.00632. The molecule has 0 saturated heterocycles. The van der Waals surface area contributed by atoms with Gasteiger partial charge in [-0.3, -0.25) is 4.79 Å². The Hall–Kier alpha value is -4.57. The zero-order chi connectivity index (χ0) is 33.2. The normalized spacial score (nSPS) is 12.8. The van der Waals surface area contributed by atoms with Gasteiger partial charge in [-0.05, 0) is 55.8 Å². The molecule has 3 aromatic rings. The number of carboxylic acid groups (broad SMARTS) is 1. The fourth-order valence-electron chi connectivity index (χ4n) is 3.67. The predicted octanol–water partition coefficient (Wildman–Crippen LogP) is 6.67. The van der Waals surface area contributed by atoms with E-state index in [2.05, 4.69) is 25.9 Å². The van der Waals surface area contributed by atoms with Gasteiger partial charge in [0.25, 0.3) is 0 Å². The number of nitrogens with zero attached hydrogens (tertiary/aromatic N) is 2. The average molecular weight is 662 g/mol. The summed E-state index contributed by atoms with van der Waals surface area (Å²) in [6.45, 7) is 3.80. The van der Waals surface area contributed by atoms with Crippen LogP contribution < -0.4 is 20.7 Å². The molecular formula is C28H26ClF6N5O5. The number of carbonyl (C=O) groups is 2. The van der Waals surface area contributed by atoms with Gasteiger partial charge in [0.1, 0.15) is 29.5 Å². The van der Waals surface area contributed by atoms with Gasteiger partial charge in [0.2, 0.25) is 5.91 Å². The van der Waals surface area contributed by atoms with E-state index in [0.29, 0.717) is 61.2 Å². The number of ether oxygens (including phenoxy) is 2. The van der Waals surface area contributed by atoms with Crippen molar-refractivity contribution in [3.63, 3.8) is 0 Å². The Morgan fingerprint density at radius 1 is 1.09 bits per heavy atom. The molecule has 45 heavy (non-hydrogen) atoms. The molecule has 17 heteroatoms. The first-order valence-electron chi connectivity index (χ1n) is 13.1. The van der Waals surface area contributed by atoms with Crippen molar-refractivity contribution in [2.24, 2.45) is 0 Å². The summed E-state index contributed by atoms with van der Waals surface area (Å²) in [5.74, 6) is -1.76. The number of hydrogen-bond donors (Lipinski definition) is 4. The van der Waals surface area contributed by atoms with Crippen molar-refractivity contribution in [2.45, 2.75) is 25.7 Å².